The molecule has 1 N–H and O–H groups in total. The third kappa shape index (κ3) is 1.84. The lowest BCUT2D eigenvalue weighted by atomic mass is 10.0. The molecule has 0 spiro atoms. The SMILES string of the molecule is CCN1CCC(n2c(=O)[nH]c3ccncc32)CC1. The molecule has 5 heteroatoms. The molecule has 2 aromatic rings. The summed E-state index contributed by atoms with van der Waals surface area (Å²) in [6.07, 6.45) is 5.56. The van der Waals surface area contributed by atoms with E-state index in [0.717, 1.165) is 43.5 Å². The van der Waals surface area contributed by atoms with Gasteiger partial charge in [0, 0.05) is 25.3 Å². The van der Waals surface area contributed by atoms with Crippen LogP contribution in [0.1, 0.15) is 25.8 Å². The van der Waals surface area contributed by atoms with Gasteiger partial charge in [-0.2, -0.15) is 0 Å². The van der Waals surface area contributed by atoms with E-state index in [-0.39, 0.29) is 5.69 Å². The van der Waals surface area contributed by atoms with Crippen molar-refractivity contribution in [2.45, 2.75) is 25.8 Å². The van der Waals surface area contributed by atoms with Crippen molar-refractivity contribution >= 4 is 11.0 Å². The van der Waals surface area contributed by atoms with Crippen molar-refractivity contribution in [3.8, 4) is 0 Å². The Balaban J connectivity index is 1.95. The van der Waals surface area contributed by atoms with Gasteiger partial charge in [-0.05, 0) is 25.5 Å². The maximum atomic E-state index is 12.1. The lowest BCUT2D eigenvalue weighted by Gasteiger charge is -2.31. The van der Waals surface area contributed by atoms with Gasteiger partial charge in [0.15, 0.2) is 0 Å². The number of H-pyrrole nitrogens is 1. The highest BCUT2D eigenvalue weighted by Gasteiger charge is 2.22. The number of aromatic amines is 1. The summed E-state index contributed by atoms with van der Waals surface area (Å²) in [5, 5.41) is 0. The largest absolute Gasteiger partial charge is 0.326 e. The molecule has 1 aliphatic rings. The Bertz CT molecular complexity index is 592. The van der Waals surface area contributed by atoms with Crippen LogP contribution < -0.4 is 5.69 Å². The van der Waals surface area contributed by atoms with E-state index in [4.69, 9.17) is 0 Å². The van der Waals surface area contributed by atoms with Gasteiger partial charge in [0.2, 0.25) is 0 Å². The maximum absolute atomic E-state index is 12.1. The summed E-state index contributed by atoms with van der Waals surface area (Å²) >= 11 is 0. The molecule has 3 heterocycles. The van der Waals surface area contributed by atoms with E-state index in [9.17, 15) is 4.79 Å². The minimum Gasteiger partial charge on any atom is -0.305 e. The Kier molecular flexibility index (Phi) is 2.91. The van der Waals surface area contributed by atoms with Crippen LogP contribution in [-0.2, 0) is 0 Å². The van der Waals surface area contributed by atoms with E-state index in [1.54, 1.807) is 12.4 Å². The zero-order chi connectivity index (χ0) is 12.5. The number of nitrogens with one attached hydrogen (secondary N) is 1. The van der Waals surface area contributed by atoms with E-state index in [2.05, 4.69) is 21.8 Å². The van der Waals surface area contributed by atoms with Gasteiger partial charge in [-0.3, -0.25) is 9.55 Å². The Labute approximate surface area is 105 Å². The number of pyridine rings is 1. The summed E-state index contributed by atoms with van der Waals surface area (Å²) in [5.74, 6) is 0. The number of hydrogen-bond acceptors (Lipinski definition) is 3. The van der Waals surface area contributed by atoms with Gasteiger partial charge in [-0.1, -0.05) is 6.92 Å². The first-order chi connectivity index (χ1) is 8.79. The van der Waals surface area contributed by atoms with Crippen LogP contribution in [-0.4, -0.2) is 39.1 Å². The molecule has 0 aromatic carbocycles. The molecule has 0 atom stereocenters. The molecular formula is C13H18N4O. The summed E-state index contributed by atoms with van der Waals surface area (Å²) < 4.78 is 1.88. The number of imidazole rings is 1. The second-order valence-corrected chi connectivity index (χ2v) is 4.86. The van der Waals surface area contributed by atoms with Crippen molar-refractivity contribution in [1.82, 2.24) is 19.4 Å². The highest BCUT2D eigenvalue weighted by atomic mass is 16.1. The average molecular weight is 246 g/mol. The smallest absolute Gasteiger partial charge is 0.305 e. The molecule has 0 unspecified atom stereocenters. The number of rotatable bonds is 2. The molecule has 1 fully saturated rings. The van der Waals surface area contributed by atoms with Crippen molar-refractivity contribution in [3.63, 3.8) is 0 Å². The summed E-state index contributed by atoms with van der Waals surface area (Å²) in [6.45, 7) is 5.42. The highest BCUT2D eigenvalue weighted by molar-refractivity contribution is 5.73. The monoisotopic (exact) mass is 246 g/mol. The lowest BCUT2D eigenvalue weighted by Crippen LogP contribution is -2.36. The van der Waals surface area contributed by atoms with Gasteiger partial charge in [0.05, 0.1) is 17.2 Å². The Morgan fingerprint density at radius 1 is 1.44 bits per heavy atom. The number of nitrogens with zero attached hydrogens (tertiary/aromatic N) is 3. The molecule has 1 saturated heterocycles. The summed E-state index contributed by atoms with van der Waals surface area (Å²) in [7, 11) is 0. The minimum atomic E-state index is -0.00653. The van der Waals surface area contributed by atoms with Gasteiger partial charge in [0.25, 0.3) is 0 Å². The quantitative estimate of drug-likeness (QED) is 0.871. The number of piperidine rings is 1. The van der Waals surface area contributed by atoms with E-state index in [1.165, 1.54) is 0 Å². The predicted molar refractivity (Wildman–Crippen MR) is 70.7 cm³/mol. The zero-order valence-electron chi connectivity index (χ0n) is 10.6. The number of fused-ring (bicyclic) bond motifs is 1. The maximum Gasteiger partial charge on any atom is 0.326 e. The highest BCUT2D eigenvalue weighted by Crippen LogP contribution is 2.24. The first kappa shape index (κ1) is 11.5. The third-order valence-electron chi connectivity index (χ3n) is 3.89. The molecule has 0 aliphatic carbocycles. The van der Waals surface area contributed by atoms with Crippen molar-refractivity contribution in [3.05, 3.63) is 28.9 Å². The van der Waals surface area contributed by atoms with Gasteiger partial charge in [0.1, 0.15) is 0 Å². The molecule has 1 aliphatic heterocycles. The van der Waals surface area contributed by atoms with E-state index >= 15 is 0 Å². The summed E-state index contributed by atoms with van der Waals surface area (Å²) in [6, 6.07) is 2.16. The first-order valence-electron chi connectivity index (χ1n) is 6.56. The van der Waals surface area contributed by atoms with Crippen LogP contribution in [0.4, 0.5) is 0 Å². The number of hydrogen-bond donors (Lipinski definition) is 1. The van der Waals surface area contributed by atoms with Gasteiger partial charge < -0.3 is 9.88 Å². The van der Waals surface area contributed by atoms with Crippen molar-refractivity contribution in [1.29, 1.82) is 0 Å². The summed E-state index contributed by atoms with van der Waals surface area (Å²) in [5.41, 5.74) is 1.80. The van der Waals surface area contributed by atoms with Gasteiger partial charge in [-0.15, -0.1) is 0 Å². The van der Waals surface area contributed by atoms with Crippen LogP contribution >= 0.6 is 0 Å². The fraction of sp³-hybridized carbons (Fsp3) is 0.538. The van der Waals surface area contributed by atoms with Crippen LogP contribution in [0.3, 0.4) is 0 Å². The summed E-state index contributed by atoms with van der Waals surface area (Å²) in [4.78, 5) is 21.5. The Morgan fingerprint density at radius 2 is 2.22 bits per heavy atom. The van der Waals surface area contributed by atoms with E-state index in [0.29, 0.717) is 6.04 Å². The van der Waals surface area contributed by atoms with Crippen molar-refractivity contribution in [2.24, 2.45) is 0 Å². The van der Waals surface area contributed by atoms with Crippen LogP contribution in [0.5, 0.6) is 0 Å². The first-order valence-corrected chi connectivity index (χ1v) is 6.56. The molecule has 5 nitrogen and oxygen atoms in total. The Morgan fingerprint density at radius 3 is 2.94 bits per heavy atom. The van der Waals surface area contributed by atoms with E-state index in [1.807, 2.05) is 10.6 Å². The van der Waals surface area contributed by atoms with Crippen LogP contribution in [0, 0.1) is 0 Å². The van der Waals surface area contributed by atoms with Crippen LogP contribution in [0.25, 0.3) is 11.0 Å². The number of likely N-dealkylation sites (tertiary alicyclic amines) is 1. The second kappa shape index (κ2) is 4.57. The predicted octanol–water partition coefficient (Wildman–Crippen LogP) is 1.38. The molecule has 0 radical (unpaired) electrons. The fourth-order valence-corrected chi connectivity index (χ4v) is 2.82. The molecule has 96 valence electrons. The lowest BCUT2D eigenvalue weighted by molar-refractivity contribution is 0.195. The van der Waals surface area contributed by atoms with Crippen LogP contribution in [0.15, 0.2) is 23.3 Å². The second-order valence-electron chi connectivity index (χ2n) is 4.86. The van der Waals surface area contributed by atoms with E-state index < -0.39 is 0 Å². The van der Waals surface area contributed by atoms with Crippen molar-refractivity contribution < 1.29 is 0 Å². The zero-order valence-corrected chi connectivity index (χ0v) is 10.6. The minimum absolute atomic E-state index is 0.00653. The topological polar surface area (TPSA) is 53.9 Å². The molecule has 0 bridgehead atoms. The standard InChI is InChI=1S/C13H18N4O/c1-2-16-7-4-10(5-8-16)17-12-9-14-6-3-11(12)15-13(17)18/h3,6,9-10H,2,4-5,7-8H2,1H3,(H,15,18). The molecule has 0 saturated carbocycles. The third-order valence-corrected chi connectivity index (χ3v) is 3.89. The van der Waals surface area contributed by atoms with Gasteiger partial charge >= 0.3 is 5.69 Å². The molecule has 18 heavy (non-hydrogen) atoms. The Hall–Kier alpha value is -1.62. The van der Waals surface area contributed by atoms with Crippen LogP contribution in [0.2, 0.25) is 0 Å². The average Bonchev–Trinajstić information content (AvgIpc) is 2.75. The normalized spacial score (nSPS) is 18.5. The van der Waals surface area contributed by atoms with Crippen molar-refractivity contribution in [2.75, 3.05) is 19.6 Å². The molecule has 0 amide bonds. The number of aromatic nitrogens is 3. The molecule has 3 rings (SSSR count). The fourth-order valence-electron chi connectivity index (χ4n) is 2.82. The molecule has 2 aromatic heterocycles. The molecular weight excluding hydrogens is 228 g/mol. The van der Waals surface area contributed by atoms with Gasteiger partial charge in [-0.25, -0.2) is 4.79 Å².